The molecule has 0 amide bonds. The van der Waals surface area contributed by atoms with Crippen LogP contribution < -0.4 is 10.1 Å². The Morgan fingerprint density at radius 3 is 2.67 bits per heavy atom. The van der Waals surface area contributed by atoms with Crippen molar-refractivity contribution in [1.29, 1.82) is 5.26 Å². The van der Waals surface area contributed by atoms with Crippen molar-refractivity contribution in [2.75, 3.05) is 26.0 Å². The van der Waals surface area contributed by atoms with Crippen LogP contribution in [0, 0.1) is 17.2 Å². The van der Waals surface area contributed by atoms with Crippen molar-refractivity contribution < 1.29 is 4.74 Å². The quantitative estimate of drug-likeness (QED) is 0.924. The van der Waals surface area contributed by atoms with E-state index in [9.17, 15) is 5.26 Å². The zero-order valence-corrected chi connectivity index (χ0v) is 12.8. The number of ether oxygens (including phenoxy) is 1. The number of hydrogen-bond acceptors (Lipinski definition) is 4. The lowest BCUT2D eigenvalue weighted by Gasteiger charge is -2.36. The Hall–Kier alpha value is -1.73. The van der Waals surface area contributed by atoms with Crippen LogP contribution in [0.25, 0.3) is 0 Å². The molecule has 2 fully saturated rings. The van der Waals surface area contributed by atoms with Gasteiger partial charge in [0.15, 0.2) is 0 Å². The van der Waals surface area contributed by atoms with Crippen molar-refractivity contribution >= 4 is 5.69 Å². The molecule has 4 nitrogen and oxygen atoms in total. The van der Waals surface area contributed by atoms with Crippen LogP contribution in [0.2, 0.25) is 0 Å². The van der Waals surface area contributed by atoms with Crippen LogP contribution in [-0.4, -0.2) is 37.7 Å². The Bertz CT molecular complexity index is 537. The van der Waals surface area contributed by atoms with Gasteiger partial charge >= 0.3 is 0 Å². The zero-order chi connectivity index (χ0) is 14.8. The summed E-state index contributed by atoms with van der Waals surface area (Å²) in [4.78, 5) is 2.56. The molecule has 2 bridgehead atoms. The third-order valence-electron chi connectivity index (χ3n) is 5.12. The molecule has 2 heterocycles. The van der Waals surface area contributed by atoms with Crippen LogP contribution >= 0.6 is 0 Å². The van der Waals surface area contributed by atoms with Crippen LogP contribution in [0.15, 0.2) is 18.2 Å². The predicted octanol–water partition coefficient (Wildman–Crippen LogP) is 2.85. The molecule has 2 aliphatic heterocycles. The summed E-state index contributed by atoms with van der Waals surface area (Å²) in [6, 6.07) is 9.34. The molecular weight excluding hydrogens is 262 g/mol. The molecule has 112 valence electrons. The summed E-state index contributed by atoms with van der Waals surface area (Å²) in [5, 5.41) is 12.7. The summed E-state index contributed by atoms with van der Waals surface area (Å²) in [6.07, 6.45) is 5.23. The van der Waals surface area contributed by atoms with Gasteiger partial charge in [-0.3, -0.25) is 0 Å². The lowest BCUT2D eigenvalue weighted by molar-refractivity contribution is 0.139. The molecule has 2 aliphatic rings. The first-order chi connectivity index (χ1) is 10.2. The Kier molecular flexibility index (Phi) is 4.03. The third kappa shape index (κ3) is 2.84. The molecule has 2 unspecified atom stereocenters. The van der Waals surface area contributed by atoms with Gasteiger partial charge in [0.25, 0.3) is 0 Å². The van der Waals surface area contributed by atoms with Crippen LogP contribution in [0.5, 0.6) is 5.75 Å². The first kappa shape index (κ1) is 14.2. The molecule has 21 heavy (non-hydrogen) atoms. The summed E-state index contributed by atoms with van der Waals surface area (Å²) in [6.45, 7) is 0.947. The molecule has 2 saturated heterocycles. The predicted molar refractivity (Wildman–Crippen MR) is 83.5 cm³/mol. The molecule has 1 aromatic rings. The molecule has 0 radical (unpaired) electrons. The first-order valence-corrected chi connectivity index (χ1v) is 7.75. The number of piperidine rings is 1. The number of anilines is 1. The van der Waals surface area contributed by atoms with E-state index in [2.05, 4.69) is 23.3 Å². The zero-order valence-electron chi connectivity index (χ0n) is 12.8. The highest BCUT2D eigenvalue weighted by Gasteiger charge is 2.38. The van der Waals surface area contributed by atoms with E-state index in [1.165, 1.54) is 25.7 Å². The van der Waals surface area contributed by atoms with Crippen molar-refractivity contribution in [3.05, 3.63) is 23.8 Å². The number of rotatable bonds is 4. The fraction of sp³-hybridized carbons (Fsp3) is 0.588. The Balaban J connectivity index is 1.64. The van der Waals surface area contributed by atoms with Crippen LogP contribution in [0.4, 0.5) is 5.69 Å². The molecule has 3 rings (SSSR count). The fourth-order valence-corrected chi connectivity index (χ4v) is 3.84. The van der Waals surface area contributed by atoms with E-state index in [1.54, 1.807) is 7.11 Å². The van der Waals surface area contributed by atoms with Gasteiger partial charge in [-0.05, 0) is 50.8 Å². The second kappa shape index (κ2) is 5.95. The third-order valence-corrected chi connectivity index (χ3v) is 5.12. The van der Waals surface area contributed by atoms with E-state index in [-0.39, 0.29) is 0 Å². The molecule has 2 atom stereocenters. The number of nitrogens with zero attached hydrogens (tertiary/aromatic N) is 2. The summed E-state index contributed by atoms with van der Waals surface area (Å²) < 4.78 is 5.25. The molecule has 4 heteroatoms. The maximum atomic E-state index is 9.21. The first-order valence-electron chi connectivity index (χ1n) is 7.75. The van der Waals surface area contributed by atoms with E-state index >= 15 is 0 Å². The van der Waals surface area contributed by atoms with Crippen molar-refractivity contribution in [3.8, 4) is 11.8 Å². The number of methoxy groups -OCH3 is 1. The van der Waals surface area contributed by atoms with Gasteiger partial charge in [-0.25, -0.2) is 0 Å². The maximum absolute atomic E-state index is 9.21. The van der Waals surface area contributed by atoms with Crippen LogP contribution in [-0.2, 0) is 0 Å². The lowest BCUT2D eigenvalue weighted by Crippen LogP contribution is -2.41. The second-order valence-electron chi connectivity index (χ2n) is 6.29. The summed E-state index contributed by atoms with van der Waals surface area (Å²) in [7, 11) is 3.92. The molecule has 0 spiro atoms. The topological polar surface area (TPSA) is 48.3 Å². The van der Waals surface area contributed by atoms with Gasteiger partial charge in [0.1, 0.15) is 11.8 Å². The minimum absolute atomic E-state index is 0.687. The summed E-state index contributed by atoms with van der Waals surface area (Å²) in [5.41, 5.74) is 1.58. The Morgan fingerprint density at radius 1 is 1.33 bits per heavy atom. The SMILES string of the molecule is COc1ccc(C#N)c(NCC2CC3CCC(C2)N3C)c1. The molecule has 1 N–H and O–H groups in total. The average molecular weight is 285 g/mol. The van der Waals surface area contributed by atoms with Gasteiger partial charge in [-0.15, -0.1) is 0 Å². The van der Waals surface area contributed by atoms with E-state index in [0.717, 1.165) is 30.1 Å². The fourth-order valence-electron chi connectivity index (χ4n) is 3.84. The normalized spacial score (nSPS) is 28.1. The molecule has 1 aromatic carbocycles. The number of fused-ring (bicyclic) bond motifs is 2. The largest absolute Gasteiger partial charge is 0.497 e. The Labute approximate surface area is 126 Å². The highest BCUT2D eigenvalue weighted by molar-refractivity contribution is 5.60. The van der Waals surface area contributed by atoms with E-state index in [4.69, 9.17) is 4.74 Å². The number of hydrogen-bond donors (Lipinski definition) is 1. The van der Waals surface area contributed by atoms with Gasteiger partial charge in [0.2, 0.25) is 0 Å². The van der Waals surface area contributed by atoms with Crippen molar-refractivity contribution in [2.45, 2.75) is 37.8 Å². The van der Waals surface area contributed by atoms with Gasteiger partial charge in [0.05, 0.1) is 18.4 Å². The standard InChI is InChI=1S/C17H23N3O/c1-20-14-4-5-15(20)8-12(7-14)11-19-17-9-16(21-2)6-3-13(17)10-18/h3,6,9,12,14-15,19H,4-5,7-8,11H2,1-2H3. The van der Waals surface area contributed by atoms with E-state index in [1.807, 2.05) is 18.2 Å². The number of nitriles is 1. The number of benzene rings is 1. The lowest BCUT2D eigenvalue weighted by atomic mass is 9.91. The average Bonchev–Trinajstić information content (AvgIpc) is 2.74. The molecular formula is C17H23N3O. The summed E-state index contributed by atoms with van der Waals surface area (Å²) >= 11 is 0. The summed E-state index contributed by atoms with van der Waals surface area (Å²) in [5.74, 6) is 1.50. The second-order valence-corrected chi connectivity index (χ2v) is 6.29. The minimum atomic E-state index is 0.687. The van der Waals surface area contributed by atoms with Gasteiger partial charge < -0.3 is 15.0 Å². The molecule has 0 aromatic heterocycles. The van der Waals surface area contributed by atoms with E-state index < -0.39 is 0 Å². The Morgan fingerprint density at radius 2 is 2.05 bits per heavy atom. The van der Waals surface area contributed by atoms with Crippen LogP contribution in [0.3, 0.4) is 0 Å². The maximum Gasteiger partial charge on any atom is 0.121 e. The van der Waals surface area contributed by atoms with Crippen molar-refractivity contribution in [1.82, 2.24) is 4.90 Å². The molecule has 0 aliphatic carbocycles. The van der Waals surface area contributed by atoms with Gasteiger partial charge in [0, 0.05) is 24.7 Å². The van der Waals surface area contributed by atoms with Crippen molar-refractivity contribution in [3.63, 3.8) is 0 Å². The minimum Gasteiger partial charge on any atom is -0.497 e. The van der Waals surface area contributed by atoms with E-state index in [0.29, 0.717) is 11.5 Å². The smallest absolute Gasteiger partial charge is 0.121 e. The van der Waals surface area contributed by atoms with Crippen molar-refractivity contribution in [2.24, 2.45) is 5.92 Å². The molecule has 0 saturated carbocycles. The highest BCUT2D eigenvalue weighted by atomic mass is 16.5. The van der Waals surface area contributed by atoms with Gasteiger partial charge in [-0.2, -0.15) is 5.26 Å². The highest BCUT2D eigenvalue weighted by Crippen LogP contribution is 2.37. The van der Waals surface area contributed by atoms with Crippen LogP contribution in [0.1, 0.15) is 31.2 Å². The number of nitrogens with one attached hydrogen (secondary N) is 1. The van der Waals surface area contributed by atoms with Gasteiger partial charge in [-0.1, -0.05) is 0 Å². The monoisotopic (exact) mass is 285 g/mol.